The van der Waals surface area contributed by atoms with Gasteiger partial charge in [-0.05, 0) is 12.1 Å². The van der Waals surface area contributed by atoms with Crippen molar-refractivity contribution < 1.29 is 13.2 Å². The molecule has 90 valence electrons. The first kappa shape index (κ1) is 12.8. The van der Waals surface area contributed by atoms with Crippen LogP contribution in [0.4, 0.5) is 5.82 Å². The highest BCUT2D eigenvalue weighted by molar-refractivity contribution is 7.91. The van der Waals surface area contributed by atoms with E-state index in [0.29, 0.717) is 18.1 Å². The predicted octanol–water partition coefficient (Wildman–Crippen LogP) is 0.937. The molecule has 0 aliphatic carbocycles. The van der Waals surface area contributed by atoms with Gasteiger partial charge in [0.15, 0.2) is 9.84 Å². The summed E-state index contributed by atoms with van der Waals surface area (Å²) in [7, 11) is -1.35. The van der Waals surface area contributed by atoms with Crippen LogP contribution >= 0.6 is 0 Å². The van der Waals surface area contributed by atoms with E-state index in [9.17, 15) is 8.42 Å². The van der Waals surface area contributed by atoms with Crippen molar-refractivity contribution >= 4 is 15.7 Å². The van der Waals surface area contributed by atoms with Gasteiger partial charge >= 0.3 is 0 Å². The molecule has 0 aliphatic rings. The number of nitrogens with one attached hydrogen (secondary N) is 1. The second-order valence-corrected chi connectivity index (χ2v) is 5.72. The first-order valence-corrected chi connectivity index (χ1v) is 6.84. The normalized spacial score (nSPS) is 11.1. The zero-order valence-corrected chi connectivity index (χ0v) is 10.3. The second kappa shape index (κ2) is 5.69. The van der Waals surface area contributed by atoms with Gasteiger partial charge in [-0.15, -0.1) is 0 Å². The van der Waals surface area contributed by atoms with Crippen LogP contribution in [0.2, 0.25) is 0 Å². The van der Waals surface area contributed by atoms with Crippen molar-refractivity contribution in [2.45, 2.75) is 6.92 Å². The lowest BCUT2D eigenvalue weighted by molar-refractivity contribution is 0.413. The minimum absolute atomic E-state index is 0.122. The van der Waals surface area contributed by atoms with Crippen molar-refractivity contribution in [3.05, 3.63) is 18.3 Å². The molecule has 1 rings (SSSR count). The van der Waals surface area contributed by atoms with Crippen LogP contribution in [0.3, 0.4) is 0 Å². The number of hydrogen-bond acceptors (Lipinski definition) is 5. The monoisotopic (exact) mass is 244 g/mol. The van der Waals surface area contributed by atoms with Crippen LogP contribution in [0.1, 0.15) is 6.92 Å². The van der Waals surface area contributed by atoms with Gasteiger partial charge in [-0.3, -0.25) is 0 Å². The third-order valence-corrected chi connectivity index (χ3v) is 3.84. The summed E-state index contributed by atoms with van der Waals surface area (Å²) in [5, 5.41) is 2.94. The molecule has 5 nitrogen and oxygen atoms in total. The highest BCUT2D eigenvalue weighted by Gasteiger charge is 2.06. The Morgan fingerprint density at radius 1 is 1.44 bits per heavy atom. The lowest BCUT2D eigenvalue weighted by Crippen LogP contribution is -2.17. The maximum absolute atomic E-state index is 11.2. The summed E-state index contributed by atoms with van der Waals surface area (Å²) < 4.78 is 27.4. The Morgan fingerprint density at radius 3 is 2.69 bits per heavy atom. The van der Waals surface area contributed by atoms with Gasteiger partial charge in [0.05, 0.1) is 19.1 Å². The summed E-state index contributed by atoms with van der Waals surface area (Å²) in [5.74, 6) is 1.61. The lowest BCUT2D eigenvalue weighted by Gasteiger charge is -2.06. The number of nitrogens with zero attached hydrogens (tertiary/aromatic N) is 1. The van der Waals surface area contributed by atoms with Crippen LogP contribution in [0, 0.1) is 0 Å². The molecular weight excluding hydrogens is 228 g/mol. The summed E-state index contributed by atoms with van der Waals surface area (Å²) in [5.41, 5.74) is 0. The number of rotatable bonds is 6. The molecule has 0 unspecified atom stereocenters. The molecule has 0 saturated heterocycles. The Bertz CT molecular complexity index is 414. The SMILES string of the molecule is CCS(=O)(=O)CCNc1ccc(OC)cn1. The van der Waals surface area contributed by atoms with Gasteiger partial charge < -0.3 is 10.1 Å². The van der Waals surface area contributed by atoms with Crippen LogP contribution in [0.15, 0.2) is 18.3 Å². The van der Waals surface area contributed by atoms with E-state index in [1.54, 1.807) is 32.4 Å². The summed E-state index contributed by atoms with van der Waals surface area (Å²) in [6.45, 7) is 2.01. The second-order valence-electron chi connectivity index (χ2n) is 3.25. The van der Waals surface area contributed by atoms with E-state index in [-0.39, 0.29) is 11.5 Å². The number of ether oxygens (including phenoxy) is 1. The summed E-state index contributed by atoms with van der Waals surface area (Å²) in [4.78, 5) is 4.06. The number of pyridine rings is 1. The zero-order chi connectivity index (χ0) is 12.0. The average Bonchev–Trinajstić information content (AvgIpc) is 2.30. The van der Waals surface area contributed by atoms with Crippen LogP contribution in [-0.2, 0) is 9.84 Å². The first-order chi connectivity index (χ1) is 7.57. The number of sulfone groups is 1. The molecule has 0 atom stereocenters. The maximum atomic E-state index is 11.2. The molecule has 0 amide bonds. The number of hydrogen-bond donors (Lipinski definition) is 1. The fourth-order valence-corrected chi connectivity index (χ4v) is 1.79. The summed E-state index contributed by atoms with van der Waals surface area (Å²) >= 11 is 0. The van der Waals surface area contributed by atoms with Gasteiger partial charge in [0.25, 0.3) is 0 Å². The third kappa shape index (κ3) is 4.06. The molecule has 0 radical (unpaired) electrons. The summed E-state index contributed by atoms with van der Waals surface area (Å²) in [6.07, 6.45) is 1.58. The van der Waals surface area contributed by atoms with Gasteiger partial charge in [0, 0.05) is 12.3 Å². The quantitative estimate of drug-likeness (QED) is 0.806. The Kier molecular flexibility index (Phi) is 4.54. The fourth-order valence-electron chi connectivity index (χ4n) is 1.08. The molecule has 0 saturated carbocycles. The van der Waals surface area contributed by atoms with Crippen molar-refractivity contribution in [3.8, 4) is 5.75 Å². The highest BCUT2D eigenvalue weighted by atomic mass is 32.2. The van der Waals surface area contributed by atoms with Crippen LogP contribution in [-0.4, -0.2) is 38.6 Å². The van der Waals surface area contributed by atoms with Crippen molar-refractivity contribution in [1.82, 2.24) is 4.98 Å². The molecule has 1 heterocycles. The Labute approximate surface area is 95.8 Å². The van der Waals surface area contributed by atoms with Gasteiger partial charge in [0.2, 0.25) is 0 Å². The minimum Gasteiger partial charge on any atom is -0.495 e. The molecule has 1 aromatic rings. The van der Waals surface area contributed by atoms with E-state index < -0.39 is 9.84 Å². The highest BCUT2D eigenvalue weighted by Crippen LogP contribution is 2.10. The molecule has 1 aromatic heterocycles. The Balaban J connectivity index is 2.43. The molecule has 1 N–H and O–H groups in total. The van der Waals surface area contributed by atoms with Crippen molar-refractivity contribution in [2.75, 3.05) is 30.5 Å². The van der Waals surface area contributed by atoms with E-state index in [0.717, 1.165) is 0 Å². The Morgan fingerprint density at radius 2 is 2.19 bits per heavy atom. The molecule has 0 aliphatic heterocycles. The van der Waals surface area contributed by atoms with E-state index in [1.165, 1.54) is 0 Å². The molecular formula is C10H16N2O3S. The molecule has 16 heavy (non-hydrogen) atoms. The smallest absolute Gasteiger partial charge is 0.151 e. The number of methoxy groups -OCH3 is 1. The summed E-state index contributed by atoms with van der Waals surface area (Å²) in [6, 6.07) is 3.51. The topological polar surface area (TPSA) is 68.3 Å². The number of anilines is 1. The lowest BCUT2D eigenvalue weighted by atomic mass is 10.4. The van der Waals surface area contributed by atoms with Crippen molar-refractivity contribution in [1.29, 1.82) is 0 Å². The van der Waals surface area contributed by atoms with Crippen LogP contribution in [0.25, 0.3) is 0 Å². The van der Waals surface area contributed by atoms with E-state index in [4.69, 9.17) is 4.74 Å². The zero-order valence-electron chi connectivity index (χ0n) is 9.43. The largest absolute Gasteiger partial charge is 0.495 e. The minimum atomic E-state index is -2.92. The van der Waals surface area contributed by atoms with Gasteiger partial charge in [-0.25, -0.2) is 13.4 Å². The van der Waals surface area contributed by atoms with E-state index in [2.05, 4.69) is 10.3 Å². The van der Waals surface area contributed by atoms with Gasteiger partial charge in [-0.1, -0.05) is 6.92 Å². The molecule has 0 bridgehead atoms. The van der Waals surface area contributed by atoms with Crippen LogP contribution < -0.4 is 10.1 Å². The maximum Gasteiger partial charge on any atom is 0.151 e. The van der Waals surface area contributed by atoms with E-state index >= 15 is 0 Å². The predicted molar refractivity (Wildman–Crippen MR) is 63.6 cm³/mol. The molecule has 6 heteroatoms. The van der Waals surface area contributed by atoms with Crippen LogP contribution in [0.5, 0.6) is 5.75 Å². The molecule has 0 fully saturated rings. The third-order valence-electron chi connectivity index (χ3n) is 2.13. The molecule has 0 spiro atoms. The van der Waals surface area contributed by atoms with Crippen molar-refractivity contribution in [2.24, 2.45) is 0 Å². The van der Waals surface area contributed by atoms with Crippen molar-refractivity contribution in [3.63, 3.8) is 0 Å². The Hall–Kier alpha value is -1.30. The average molecular weight is 244 g/mol. The number of aromatic nitrogens is 1. The first-order valence-electron chi connectivity index (χ1n) is 5.01. The van der Waals surface area contributed by atoms with Gasteiger partial charge in [0.1, 0.15) is 11.6 Å². The fraction of sp³-hybridized carbons (Fsp3) is 0.500. The van der Waals surface area contributed by atoms with E-state index in [1.807, 2.05) is 0 Å². The standard InChI is InChI=1S/C10H16N2O3S/c1-3-16(13,14)7-6-11-10-5-4-9(15-2)8-12-10/h4-5,8H,3,6-7H2,1-2H3,(H,11,12). The van der Waals surface area contributed by atoms with Gasteiger partial charge in [-0.2, -0.15) is 0 Å². The molecule has 0 aromatic carbocycles.